The maximum Gasteiger partial charge on any atom is 0.264 e. The average Bonchev–Trinajstić information content (AvgIpc) is 3.83. The van der Waals surface area contributed by atoms with Crippen LogP contribution >= 0.6 is 11.3 Å². The van der Waals surface area contributed by atoms with Crippen LogP contribution in [0.4, 0.5) is 17.1 Å². The first kappa shape index (κ1) is 36.6. The number of nitrogens with zero attached hydrogens (tertiary/aromatic N) is 2. The van der Waals surface area contributed by atoms with Crippen LogP contribution in [0.15, 0.2) is 235 Å². The topological polar surface area (TPSA) is 25.2 Å². The third-order valence-corrected chi connectivity index (χ3v) is 14.6. The molecule has 2 aliphatic rings. The molecule has 0 atom stereocenters. The minimum absolute atomic E-state index is 0.00219. The molecule has 0 N–H and O–H groups in total. The molecule has 4 heteroatoms. The Morgan fingerprint density at radius 2 is 0.859 bits per heavy atom. The molecule has 3 nitrogen and oxygen atoms in total. The lowest BCUT2D eigenvalue weighted by atomic mass is 9.60. The largest absolute Gasteiger partial charge is 0.310 e. The van der Waals surface area contributed by atoms with Crippen molar-refractivity contribution >= 4 is 49.4 Å². The molecule has 13 rings (SSSR count). The van der Waals surface area contributed by atoms with Gasteiger partial charge in [-0.25, -0.2) is 0 Å². The number of aromatic nitrogens is 1. The summed E-state index contributed by atoms with van der Waals surface area (Å²) in [6.07, 6.45) is 0. The van der Waals surface area contributed by atoms with Crippen molar-refractivity contribution in [2.45, 2.75) is 5.41 Å². The van der Waals surface area contributed by atoms with E-state index in [-0.39, 0.29) is 5.56 Å². The Morgan fingerprint density at radius 3 is 1.47 bits per heavy atom. The van der Waals surface area contributed by atoms with E-state index >= 15 is 4.79 Å². The number of hydrogen-bond acceptors (Lipinski definition) is 3. The van der Waals surface area contributed by atoms with Crippen molar-refractivity contribution in [2.75, 3.05) is 4.90 Å². The van der Waals surface area contributed by atoms with Gasteiger partial charge in [0.2, 0.25) is 0 Å². The first-order valence-corrected chi connectivity index (χ1v) is 22.6. The summed E-state index contributed by atoms with van der Waals surface area (Å²) < 4.78 is 3.03. The predicted molar refractivity (Wildman–Crippen MR) is 267 cm³/mol. The van der Waals surface area contributed by atoms with E-state index in [1.165, 1.54) is 5.56 Å². The Balaban J connectivity index is 1.19. The van der Waals surface area contributed by atoms with Gasteiger partial charge >= 0.3 is 0 Å². The summed E-state index contributed by atoms with van der Waals surface area (Å²) >= 11 is 1.71. The summed E-state index contributed by atoms with van der Waals surface area (Å²) in [5.74, 6) is 0. The van der Waals surface area contributed by atoms with Gasteiger partial charge in [-0.3, -0.25) is 9.36 Å². The second-order valence-electron chi connectivity index (χ2n) is 16.8. The van der Waals surface area contributed by atoms with Gasteiger partial charge in [0.1, 0.15) is 0 Å². The van der Waals surface area contributed by atoms with Gasteiger partial charge in [-0.15, -0.1) is 11.3 Å². The first-order valence-electron chi connectivity index (χ1n) is 21.8. The van der Waals surface area contributed by atoms with Crippen LogP contribution in [-0.4, -0.2) is 4.57 Å². The highest BCUT2D eigenvalue weighted by molar-refractivity contribution is 7.23. The Labute approximate surface area is 375 Å². The van der Waals surface area contributed by atoms with E-state index in [1.807, 2.05) is 10.6 Å². The number of benzene rings is 9. The fraction of sp³-hybridized carbons (Fsp3) is 0.0167. The SMILES string of the molecule is O=c1c2cc(-c3ccccc3)sc2c2cccc3c2n1-c1ccccc1C31c2cc(-c3ccccc3)ccc2N(c2cccc(-c3ccccc3)c2)c2ccc(-c3ccccc3)cc21. The zero-order chi connectivity index (χ0) is 42.4. The summed E-state index contributed by atoms with van der Waals surface area (Å²) in [7, 11) is 0. The Hall–Kier alpha value is -8.05. The summed E-state index contributed by atoms with van der Waals surface area (Å²) in [5, 5.41) is 1.82. The van der Waals surface area contributed by atoms with Crippen molar-refractivity contribution in [2.24, 2.45) is 0 Å². The summed E-state index contributed by atoms with van der Waals surface area (Å²) in [4.78, 5) is 18.9. The van der Waals surface area contributed by atoms with Gasteiger partial charge in [0, 0.05) is 20.7 Å². The third-order valence-electron chi connectivity index (χ3n) is 13.4. The molecule has 0 saturated heterocycles. The molecule has 64 heavy (non-hydrogen) atoms. The van der Waals surface area contributed by atoms with Crippen LogP contribution in [0.3, 0.4) is 0 Å². The molecule has 0 saturated carbocycles. The molecular weight excluding hydrogens is 797 g/mol. The number of pyridine rings is 1. The fourth-order valence-corrected chi connectivity index (χ4v) is 11.8. The highest BCUT2D eigenvalue weighted by atomic mass is 32.1. The van der Waals surface area contributed by atoms with Gasteiger partial charge in [0.25, 0.3) is 5.56 Å². The van der Waals surface area contributed by atoms with E-state index in [4.69, 9.17) is 0 Å². The summed E-state index contributed by atoms with van der Waals surface area (Å²) in [6, 6.07) is 82.9. The number of hydrogen-bond donors (Lipinski definition) is 0. The average molecular weight is 835 g/mol. The molecule has 2 aliphatic heterocycles. The Morgan fingerprint density at radius 1 is 0.359 bits per heavy atom. The van der Waals surface area contributed by atoms with Gasteiger partial charge in [0.15, 0.2) is 0 Å². The molecule has 9 aromatic carbocycles. The monoisotopic (exact) mass is 834 g/mol. The number of para-hydroxylation sites is 2. The molecule has 2 aromatic heterocycles. The fourth-order valence-electron chi connectivity index (χ4n) is 10.6. The molecule has 0 fully saturated rings. The van der Waals surface area contributed by atoms with E-state index in [0.717, 1.165) is 104 Å². The van der Waals surface area contributed by atoms with Crippen LogP contribution in [0.1, 0.15) is 22.3 Å². The van der Waals surface area contributed by atoms with E-state index in [2.05, 4.69) is 229 Å². The molecule has 0 aliphatic carbocycles. The van der Waals surface area contributed by atoms with E-state index in [0.29, 0.717) is 0 Å². The smallest absolute Gasteiger partial charge is 0.264 e. The van der Waals surface area contributed by atoms with Gasteiger partial charge in [-0.2, -0.15) is 0 Å². The minimum Gasteiger partial charge on any atom is -0.310 e. The van der Waals surface area contributed by atoms with Gasteiger partial charge in [0.05, 0.1) is 33.4 Å². The van der Waals surface area contributed by atoms with Gasteiger partial charge < -0.3 is 4.90 Å². The van der Waals surface area contributed by atoms with Crippen LogP contribution in [-0.2, 0) is 5.41 Å². The third kappa shape index (κ3) is 5.30. The lowest BCUT2D eigenvalue weighted by Gasteiger charge is -2.49. The van der Waals surface area contributed by atoms with Gasteiger partial charge in [-0.05, 0) is 110 Å². The molecule has 0 bridgehead atoms. The maximum atomic E-state index is 15.4. The van der Waals surface area contributed by atoms with Crippen LogP contribution in [0.5, 0.6) is 0 Å². The van der Waals surface area contributed by atoms with Crippen molar-refractivity contribution in [1.29, 1.82) is 0 Å². The second-order valence-corrected chi connectivity index (χ2v) is 17.8. The lowest BCUT2D eigenvalue weighted by Crippen LogP contribution is -2.42. The molecule has 0 unspecified atom stereocenters. The Kier molecular flexibility index (Phi) is 8.15. The first-order chi connectivity index (χ1) is 31.7. The highest BCUT2D eigenvalue weighted by Gasteiger charge is 2.51. The molecule has 0 radical (unpaired) electrons. The standard InChI is InChI=1S/C60H38N2OS/c63-59-48-38-56(42-23-11-4-12-24-42)64-58(48)47-27-16-29-50-57(47)62(59)53-30-14-13-28-49(53)60(50)51-36-44(40-19-7-2-8-20-40)31-33-54(51)61(46-26-15-25-43(35-46)39-17-5-1-6-18-39)55-34-32-45(37-52(55)60)41-21-9-3-10-22-41/h1-38H. The summed E-state index contributed by atoms with van der Waals surface area (Å²) in [5.41, 5.74) is 16.7. The molecule has 300 valence electrons. The zero-order valence-corrected chi connectivity index (χ0v) is 35.5. The van der Waals surface area contributed by atoms with E-state index in [9.17, 15) is 0 Å². The van der Waals surface area contributed by atoms with Crippen molar-refractivity contribution < 1.29 is 0 Å². The zero-order valence-electron chi connectivity index (χ0n) is 34.7. The van der Waals surface area contributed by atoms with Crippen molar-refractivity contribution in [3.63, 3.8) is 0 Å². The number of rotatable bonds is 5. The highest BCUT2D eigenvalue weighted by Crippen LogP contribution is 2.62. The van der Waals surface area contributed by atoms with E-state index < -0.39 is 5.41 Å². The van der Waals surface area contributed by atoms with Crippen LogP contribution in [0.25, 0.3) is 70.5 Å². The van der Waals surface area contributed by atoms with E-state index in [1.54, 1.807) is 11.3 Å². The van der Waals surface area contributed by atoms with Crippen molar-refractivity contribution in [3.8, 4) is 49.5 Å². The molecule has 4 heterocycles. The van der Waals surface area contributed by atoms with Crippen molar-refractivity contribution in [1.82, 2.24) is 4.57 Å². The van der Waals surface area contributed by atoms with Gasteiger partial charge in [-0.1, -0.05) is 182 Å². The predicted octanol–water partition coefficient (Wildman–Crippen LogP) is 15.4. The maximum absolute atomic E-state index is 15.4. The normalized spacial score (nSPS) is 13.2. The van der Waals surface area contributed by atoms with Crippen LogP contribution in [0, 0.1) is 0 Å². The Bertz CT molecular complexity index is 3600. The van der Waals surface area contributed by atoms with Crippen LogP contribution in [0.2, 0.25) is 0 Å². The molecule has 0 amide bonds. The van der Waals surface area contributed by atoms with Crippen LogP contribution < -0.4 is 10.5 Å². The quantitative estimate of drug-likeness (QED) is 0.173. The molecular formula is C60H38N2OS. The number of thiophene rings is 1. The molecule has 1 spiro atoms. The number of anilines is 3. The summed E-state index contributed by atoms with van der Waals surface area (Å²) in [6.45, 7) is 0. The second kappa shape index (κ2) is 14.2. The minimum atomic E-state index is -0.844. The molecule has 11 aromatic rings. The van der Waals surface area contributed by atoms with Crippen molar-refractivity contribution in [3.05, 3.63) is 263 Å². The number of fused-ring (bicyclic) bond motifs is 10. The lowest BCUT2D eigenvalue weighted by molar-refractivity contribution is 0.709.